The lowest BCUT2D eigenvalue weighted by Gasteiger charge is -1.99. The van der Waals surface area contributed by atoms with Crippen LogP contribution in [-0.2, 0) is 0 Å². The molecule has 0 amide bonds. The zero-order valence-electron chi connectivity index (χ0n) is 29.7. The SMILES string of the molecule is Cc1nc2c3c(ccc2s1)-c1nc-3nc2[nH]c(nc3nc(nc4[nH]c(n1)c1c4ccc4sc(C)nc41)-c1c-3ccc3sc(C)nc13)c1c2ccc2sc(C)nc21. The predicted molar refractivity (Wildman–Crippen MR) is 228 cm³/mol. The molecule has 0 fully saturated rings. The summed E-state index contributed by atoms with van der Waals surface area (Å²) in [6.07, 6.45) is 0. The third-order valence-electron chi connectivity index (χ3n) is 10.4. The molecular weight excluding hydrogens is 777 g/mol. The van der Waals surface area contributed by atoms with Crippen molar-refractivity contribution in [2.45, 2.75) is 27.7 Å². The smallest absolute Gasteiger partial charge is 0.166 e. The fraction of sp³-hybridized carbons (Fsp3) is 0.100. The molecule has 2 N–H and O–H groups in total. The summed E-state index contributed by atoms with van der Waals surface area (Å²) in [6.45, 7) is 8.09. The molecule has 2 aliphatic heterocycles. The number of hydrogen-bond acceptors (Lipinski definition) is 14. The van der Waals surface area contributed by atoms with Crippen molar-refractivity contribution in [1.29, 1.82) is 0 Å². The molecular formula is C40H22N12S4. The highest BCUT2D eigenvalue weighted by molar-refractivity contribution is 7.19. The van der Waals surface area contributed by atoms with E-state index in [0.717, 1.165) is 105 Å². The lowest BCUT2D eigenvalue weighted by Crippen LogP contribution is -1.85. The number of nitrogens with zero attached hydrogens (tertiary/aromatic N) is 10. The van der Waals surface area contributed by atoms with Gasteiger partial charge in [0.05, 0.1) is 82.8 Å². The number of aryl methyl sites for hydroxylation is 4. The summed E-state index contributed by atoms with van der Waals surface area (Å²) in [7, 11) is 0. The third-order valence-corrected chi connectivity index (χ3v) is 14.1. The number of hydrogen-bond donors (Lipinski definition) is 2. The predicted octanol–water partition coefficient (Wildman–Crippen LogP) is 10.5. The molecule has 266 valence electrons. The largest absolute Gasteiger partial charge is 0.324 e. The van der Waals surface area contributed by atoms with E-state index in [1.54, 1.807) is 45.3 Å². The van der Waals surface area contributed by atoms with E-state index in [1.165, 1.54) is 0 Å². The van der Waals surface area contributed by atoms with Crippen LogP contribution in [0.2, 0.25) is 0 Å². The lowest BCUT2D eigenvalue weighted by atomic mass is 10.1. The average molecular weight is 799 g/mol. The summed E-state index contributed by atoms with van der Waals surface area (Å²) in [5.41, 5.74) is 9.22. The molecule has 12 nitrogen and oxygen atoms in total. The fourth-order valence-corrected chi connectivity index (χ4v) is 11.5. The van der Waals surface area contributed by atoms with Crippen molar-refractivity contribution in [1.82, 2.24) is 59.8 Å². The number of H-pyrrole nitrogens is 2. The average Bonchev–Trinajstić information content (AvgIpc) is 4.03. The second-order valence-electron chi connectivity index (χ2n) is 13.9. The van der Waals surface area contributed by atoms with Crippen molar-refractivity contribution in [2.75, 3.05) is 0 Å². The Morgan fingerprint density at radius 3 is 1.14 bits per heavy atom. The van der Waals surface area contributed by atoms with E-state index in [9.17, 15) is 0 Å². The Labute approximate surface area is 330 Å². The number of rotatable bonds is 0. The Hall–Kier alpha value is -6.20. The van der Waals surface area contributed by atoms with E-state index in [2.05, 4.69) is 58.5 Å². The van der Waals surface area contributed by atoms with Crippen LogP contribution in [0.25, 0.3) is 131 Å². The first-order chi connectivity index (χ1) is 27.3. The molecule has 16 heteroatoms. The zero-order chi connectivity index (χ0) is 37.1. The number of benzene rings is 4. The minimum atomic E-state index is 0.516. The summed E-state index contributed by atoms with van der Waals surface area (Å²) in [6, 6.07) is 16.7. The van der Waals surface area contributed by atoms with E-state index >= 15 is 0 Å². The van der Waals surface area contributed by atoms with Gasteiger partial charge in [0, 0.05) is 21.9 Å². The molecule has 8 bridgehead atoms. The monoisotopic (exact) mass is 798 g/mol. The molecule has 0 spiro atoms. The minimum absolute atomic E-state index is 0.516. The van der Waals surface area contributed by atoms with E-state index < -0.39 is 0 Å². The van der Waals surface area contributed by atoms with E-state index in [-0.39, 0.29) is 0 Å². The molecule has 0 unspecified atom stereocenters. The Kier molecular flexibility index (Phi) is 5.97. The number of nitrogens with one attached hydrogen (secondary N) is 2. The van der Waals surface area contributed by atoms with Crippen molar-refractivity contribution >= 4 is 130 Å². The van der Waals surface area contributed by atoms with Gasteiger partial charge < -0.3 is 9.97 Å². The van der Waals surface area contributed by atoms with Gasteiger partial charge in [-0.15, -0.1) is 45.3 Å². The molecule has 0 saturated carbocycles. The van der Waals surface area contributed by atoms with Crippen LogP contribution in [0, 0.1) is 27.7 Å². The normalized spacial score (nSPS) is 12.6. The number of aromatic nitrogens is 12. The zero-order valence-corrected chi connectivity index (χ0v) is 33.0. The molecule has 56 heavy (non-hydrogen) atoms. The van der Waals surface area contributed by atoms with Crippen LogP contribution < -0.4 is 0 Å². The number of aromatic amines is 2. The highest BCUT2D eigenvalue weighted by Gasteiger charge is 2.27. The Bertz CT molecular complexity index is 3540. The van der Waals surface area contributed by atoms with E-state index in [1.807, 2.05) is 27.7 Å². The highest BCUT2D eigenvalue weighted by atomic mass is 32.1. The molecule has 4 aromatic carbocycles. The van der Waals surface area contributed by atoms with Crippen molar-refractivity contribution in [3.8, 4) is 45.6 Å². The summed E-state index contributed by atoms with van der Waals surface area (Å²) < 4.78 is 4.25. The van der Waals surface area contributed by atoms with Gasteiger partial charge >= 0.3 is 0 Å². The van der Waals surface area contributed by atoms with Crippen LogP contribution in [0.5, 0.6) is 0 Å². The fourth-order valence-electron chi connectivity index (χ4n) is 8.14. The molecule has 2 aliphatic rings. The summed E-state index contributed by atoms with van der Waals surface area (Å²) >= 11 is 6.60. The third kappa shape index (κ3) is 4.20. The highest BCUT2D eigenvalue weighted by Crippen LogP contribution is 2.44. The van der Waals surface area contributed by atoms with Crippen molar-refractivity contribution < 1.29 is 0 Å². The van der Waals surface area contributed by atoms with Gasteiger partial charge in [-0.1, -0.05) is 0 Å². The van der Waals surface area contributed by atoms with Gasteiger partial charge in [0.1, 0.15) is 22.6 Å². The molecule has 7 aromatic heterocycles. The number of thiazole rings is 4. The van der Waals surface area contributed by atoms with Crippen LogP contribution in [0.15, 0.2) is 48.5 Å². The van der Waals surface area contributed by atoms with Crippen molar-refractivity contribution in [2.24, 2.45) is 0 Å². The lowest BCUT2D eigenvalue weighted by molar-refractivity contribution is 1.19. The maximum atomic E-state index is 5.31. The molecule has 0 radical (unpaired) electrons. The van der Waals surface area contributed by atoms with Crippen LogP contribution in [0.4, 0.5) is 0 Å². The van der Waals surface area contributed by atoms with Crippen LogP contribution in [0.3, 0.4) is 0 Å². The van der Waals surface area contributed by atoms with Crippen molar-refractivity contribution in [3.05, 3.63) is 68.6 Å². The first-order valence-corrected chi connectivity index (χ1v) is 21.0. The summed E-state index contributed by atoms with van der Waals surface area (Å²) in [5.74, 6) is 2.08. The molecule has 0 atom stereocenters. The van der Waals surface area contributed by atoms with Crippen LogP contribution in [-0.4, -0.2) is 59.8 Å². The van der Waals surface area contributed by atoms with Crippen LogP contribution in [0.1, 0.15) is 20.0 Å². The Balaban J connectivity index is 1.27. The van der Waals surface area contributed by atoms with Gasteiger partial charge in [-0.2, -0.15) is 0 Å². The number of fused-ring (bicyclic) bond motifs is 28. The maximum absolute atomic E-state index is 5.31. The maximum Gasteiger partial charge on any atom is 0.166 e. The van der Waals surface area contributed by atoms with Gasteiger partial charge in [-0.05, 0) is 76.2 Å². The standard InChI is InChI=1S/C40H22N12S4/c1-13-41-29-21(53-13)9-5-17-25(29)37-45-33(17)50-38-27-19(7-11-23-31(27)43-15(3)55-23)35(47-38)52-40-28-20(8-12-24-32(28)44-16(4)56-24)36(48-40)51-39-26-18(34(46-39)49-37)6-10-22-30(26)42-14(2)54-22/h5-12H,1-4H3,(H2,45,46,47,48,49,50,51,52). The van der Waals surface area contributed by atoms with Gasteiger partial charge in [-0.25, -0.2) is 49.8 Å². The second-order valence-corrected chi connectivity index (χ2v) is 18.8. The molecule has 0 saturated heterocycles. The minimum Gasteiger partial charge on any atom is -0.324 e. The Morgan fingerprint density at radius 2 is 0.714 bits per heavy atom. The second kappa shape index (κ2) is 10.8. The van der Waals surface area contributed by atoms with Gasteiger partial charge in [0.15, 0.2) is 23.3 Å². The van der Waals surface area contributed by atoms with Gasteiger partial charge in [0.25, 0.3) is 0 Å². The van der Waals surface area contributed by atoms with Gasteiger partial charge in [0.2, 0.25) is 0 Å². The van der Waals surface area contributed by atoms with E-state index in [0.29, 0.717) is 45.9 Å². The molecule has 9 heterocycles. The first kappa shape index (κ1) is 31.1. The summed E-state index contributed by atoms with van der Waals surface area (Å²) in [5, 5.41) is 7.35. The molecule has 11 aromatic rings. The molecule has 0 aliphatic carbocycles. The van der Waals surface area contributed by atoms with Gasteiger partial charge in [-0.3, -0.25) is 0 Å². The van der Waals surface area contributed by atoms with Crippen molar-refractivity contribution in [3.63, 3.8) is 0 Å². The topological polar surface area (TPSA) is 160 Å². The quantitative estimate of drug-likeness (QED) is 0.151. The Morgan fingerprint density at radius 1 is 0.357 bits per heavy atom. The van der Waals surface area contributed by atoms with Crippen LogP contribution >= 0.6 is 45.3 Å². The van der Waals surface area contributed by atoms with E-state index in [4.69, 9.17) is 49.8 Å². The summed E-state index contributed by atoms with van der Waals surface area (Å²) in [4.78, 5) is 58.7. The molecule has 13 rings (SSSR count). The first-order valence-electron chi connectivity index (χ1n) is 17.7.